The quantitative estimate of drug-likeness (QED) is 0.399. The highest BCUT2D eigenvalue weighted by molar-refractivity contribution is 7.89. The number of hydrogen-bond donors (Lipinski definition) is 0. The molecule has 0 aliphatic heterocycles. The van der Waals surface area contributed by atoms with E-state index in [4.69, 9.17) is 0 Å². The van der Waals surface area contributed by atoms with Crippen molar-refractivity contribution >= 4 is 10.0 Å². The van der Waals surface area contributed by atoms with Crippen molar-refractivity contribution in [2.45, 2.75) is 50.6 Å². The molecule has 0 aromatic heterocycles. The van der Waals surface area contributed by atoms with Crippen LogP contribution in [0.25, 0.3) is 0 Å². The SMILES string of the molecule is Cc1ccc(CN(C2CCC2)S(=O)(=O)c2c(C)c(F)c(F)c(F)c2F)c(F)c1. The standard InChI is InChI=1S/C19H18F5NO2S/c1-10-6-7-12(14(20)8-10)9-25(13-4-3-5-13)28(26,27)19-11(2)15(21)16(22)17(23)18(19)24/h6-8,13H,3-5,9H2,1-2H3. The monoisotopic (exact) mass is 419 g/mol. The molecule has 0 atom stereocenters. The Morgan fingerprint density at radius 2 is 1.57 bits per heavy atom. The van der Waals surface area contributed by atoms with Crippen molar-refractivity contribution in [3.8, 4) is 0 Å². The number of rotatable bonds is 5. The summed E-state index contributed by atoms with van der Waals surface area (Å²) in [6.07, 6.45) is 1.60. The number of halogens is 5. The van der Waals surface area contributed by atoms with Crippen molar-refractivity contribution in [3.63, 3.8) is 0 Å². The Balaban J connectivity index is 2.13. The van der Waals surface area contributed by atoms with E-state index in [0.717, 1.165) is 11.2 Å². The van der Waals surface area contributed by atoms with Crippen LogP contribution in [0.2, 0.25) is 0 Å². The molecule has 0 heterocycles. The number of aryl methyl sites for hydroxylation is 1. The largest absolute Gasteiger partial charge is 0.247 e. The fourth-order valence-corrected chi connectivity index (χ4v) is 5.12. The third-order valence-corrected chi connectivity index (χ3v) is 7.08. The maximum absolute atomic E-state index is 14.4. The molecular weight excluding hydrogens is 401 g/mol. The Hall–Kier alpha value is -2.00. The van der Waals surface area contributed by atoms with Crippen molar-refractivity contribution in [2.24, 2.45) is 0 Å². The Labute approximate surface area is 159 Å². The molecule has 2 aromatic rings. The number of sulfonamides is 1. The van der Waals surface area contributed by atoms with E-state index >= 15 is 0 Å². The molecule has 2 aromatic carbocycles. The molecule has 3 rings (SSSR count). The van der Waals surface area contributed by atoms with Crippen LogP contribution in [0.5, 0.6) is 0 Å². The van der Waals surface area contributed by atoms with Gasteiger partial charge in [0.1, 0.15) is 10.7 Å². The van der Waals surface area contributed by atoms with E-state index in [9.17, 15) is 30.4 Å². The second-order valence-electron chi connectivity index (χ2n) is 6.94. The lowest BCUT2D eigenvalue weighted by Gasteiger charge is -2.37. The van der Waals surface area contributed by atoms with Crippen molar-refractivity contribution < 1.29 is 30.4 Å². The summed E-state index contributed by atoms with van der Waals surface area (Å²) in [5.74, 6) is -8.67. The van der Waals surface area contributed by atoms with E-state index in [0.29, 0.717) is 24.8 Å². The summed E-state index contributed by atoms with van der Waals surface area (Å²) in [6, 6.07) is 3.65. The van der Waals surface area contributed by atoms with Crippen LogP contribution in [0.4, 0.5) is 22.0 Å². The molecule has 0 bridgehead atoms. The number of hydrogen-bond acceptors (Lipinski definition) is 2. The van der Waals surface area contributed by atoms with Crippen molar-refractivity contribution in [1.82, 2.24) is 4.31 Å². The minimum atomic E-state index is -4.76. The predicted molar refractivity (Wildman–Crippen MR) is 92.5 cm³/mol. The van der Waals surface area contributed by atoms with E-state index in [-0.39, 0.29) is 5.56 Å². The fourth-order valence-electron chi connectivity index (χ4n) is 3.18. The summed E-state index contributed by atoms with van der Waals surface area (Å²) in [5.41, 5.74) is -0.184. The highest BCUT2D eigenvalue weighted by Gasteiger charge is 2.40. The molecule has 3 nitrogen and oxygen atoms in total. The normalized spacial score (nSPS) is 15.1. The first-order valence-electron chi connectivity index (χ1n) is 8.65. The summed E-state index contributed by atoms with van der Waals surface area (Å²) in [4.78, 5) is -1.26. The van der Waals surface area contributed by atoms with Gasteiger partial charge in [-0.1, -0.05) is 18.6 Å². The fraction of sp³-hybridized carbons (Fsp3) is 0.368. The third-order valence-electron chi connectivity index (χ3n) is 5.03. The van der Waals surface area contributed by atoms with Crippen LogP contribution in [0, 0.1) is 42.9 Å². The first-order valence-corrected chi connectivity index (χ1v) is 10.1. The zero-order valence-corrected chi connectivity index (χ0v) is 16.0. The smallest absolute Gasteiger partial charge is 0.207 e. The van der Waals surface area contributed by atoms with E-state index in [1.165, 1.54) is 12.1 Å². The zero-order valence-electron chi connectivity index (χ0n) is 15.2. The van der Waals surface area contributed by atoms with Crippen LogP contribution in [0.3, 0.4) is 0 Å². The second kappa shape index (κ2) is 7.44. The molecule has 28 heavy (non-hydrogen) atoms. The Morgan fingerprint density at radius 1 is 0.964 bits per heavy atom. The van der Waals surface area contributed by atoms with Crippen LogP contribution in [0.1, 0.15) is 36.0 Å². The lowest BCUT2D eigenvalue weighted by atomic mass is 9.93. The molecular formula is C19H18F5NO2S. The number of nitrogens with zero attached hydrogens (tertiary/aromatic N) is 1. The highest BCUT2D eigenvalue weighted by atomic mass is 32.2. The molecule has 0 unspecified atom stereocenters. The summed E-state index contributed by atoms with van der Waals surface area (Å²) in [7, 11) is -4.76. The number of benzene rings is 2. The maximum atomic E-state index is 14.4. The lowest BCUT2D eigenvalue weighted by molar-refractivity contribution is 0.211. The van der Waals surface area contributed by atoms with Crippen LogP contribution < -0.4 is 0 Å². The van der Waals surface area contributed by atoms with Gasteiger partial charge >= 0.3 is 0 Å². The molecule has 0 amide bonds. The summed E-state index contributed by atoms with van der Waals surface area (Å²) in [6.45, 7) is 2.09. The first kappa shape index (κ1) is 20.7. The average molecular weight is 419 g/mol. The second-order valence-corrected chi connectivity index (χ2v) is 8.77. The van der Waals surface area contributed by atoms with Gasteiger partial charge in [0.25, 0.3) is 0 Å². The van der Waals surface area contributed by atoms with Crippen LogP contribution >= 0.6 is 0 Å². The Bertz CT molecular complexity index is 1010. The van der Waals surface area contributed by atoms with Gasteiger partial charge in [-0.05, 0) is 38.3 Å². The van der Waals surface area contributed by atoms with Gasteiger partial charge in [0.05, 0.1) is 0 Å². The minimum Gasteiger partial charge on any atom is -0.207 e. The van der Waals surface area contributed by atoms with Crippen LogP contribution in [-0.4, -0.2) is 18.8 Å². The molecule has 9 heteroatoms. The molecule has 0 saturated heterocycles. The van der Waals surface area contributed by atoms with Crippen molar-refractivity contribution in [1.29, 1.82) is 0 Å². The van der Waals surface area contributed by atoms with E-state index in [1.807, 2.05) is 0 Å². The lowest BCUT2D eigenvalue weighted by Crippen LogP contribution is -2.44. The summed E-state index contributed by atoms with van der Waals surface area (Å²) >= 11 is 0. The molecule has 0 radical (unpaired) electrons. The maximum Gasteiger partial charge on any atom is 0.247 e. The van der Waals surface area contributed by atoms with Gasteiger partial charge in [-0.15, -0.1) is 0 Å². The van der Waals surface area contributed by atoms with Crippen LogP contribution in [0.15, 0.2) is 23.1 Å². The van der Waals surface area contributed by atoms with Gasteiger partial charge in [-0.25, -0.2) is 30.4 Å². The van der Waals surface area contributed by atoms with E-state index in [2.05, 4.69) is 0 Å². The minimum absolute atomic E-state index is 0.0437. The van der Waals surface area contributed by atoms with Crippen molar-refractivity contribution in [3.05, 3.63) is 64.0 Å². The molecule has 152 valence electrons. The molecule has 1 fully saturated rings. The molecule has 1 saturated carbocycles. The van der Waals surface area contributed by atoms with Gasteiger partial charge in [0.2, 0.25) is 10.0 Å². The molecule has 1 aliphatic rings. The van der Waals surface area contributed by atoms with Crippen molar-refractivity contribution in [2.75, 3.05) is 0 Å². The highest BCUT2D eigenvalue weighted by Crippen LogP contribution is 2.35. The first-order chi connectivity index (χ1) is 13.1. The summed E-state index contributed by atoms with van der Waals surface area (Å²) in [5, 5.41) is 0. The average Bonchev–Trinajstić information content (AvgIpc) is 2.58. The zero-order chi connectivity index (χ0) is 20.8. The Morgan fingerprint density at radius 3 is 2.11 bits per heavy atom. The van der Waals surface area contributed by atoms with Gasteiger partial charge in [0.15, 0.2) is 23.3 Å². The summed E-state index contributed by atoms with van der Waals surface area (Å²) < 4.78 is 96.8. The van der Waals surface area contributed by atoms with Gasteiger partial charge in [0, 0.05) is 23.7 Å². The van der Waals surface area contributed by atoms with Gasteiger partial charge in [-0.2, -0.15) is 4.31 Å². The topological polar surface area (TPSA) is 37.4 Å². The van der Waals surface area contributed by atoms with E-state index in [1.54, 1.807) is 13.0 Å². The third kappa shape index (κ3) is 3.41. The van der Waals surface area contributed by atoms with E-state index < -0.39 is 62.2 Å². The molecule has 1 aliphatic carbocycles. The van der Waals surface area contributed by atoms with Gasteiger partial charge < -0.3 is 0 Å². The molecule has 0 N–H and O–H groups in total. The Kier molecular flexibility index (Phi) is 5.51. The van der Waals surface area contributed by atoms with Gasteiger partial charge in [-0.3, -0.25) is 0 Å². The predicted octanol–water partition coefficient (Wildman–Crippen LogP) is 4.74. The van der Waals surface area contributed by atoms with Crippen LogP contribution in [-0.2, 0) is 16.6 Å². The molecule has 0 spiro atoms.